The van der Waals surface area contributed by atoms with Gasteiger partial charge in [0.1, 0.15) is 5.76 Å². The number of unbranched alkanes of at least 4 members (excludes halogenated alkanes) is 45. The first-order valence-corrected chi connectivity index (χ1v) is 45.8. The quantitative estimate of drug-likeness (QED) is 0.00508. The monoisotopic (exact) mass is 1610 g/mol. The molecule has 0 saturated heterocycles. The van der Waals surface area contributed by atoms with Crippen LogP contribution in [0.2, 0.25) is 0 Å². The van der Waals surface area contributed by atoms with Crippen LogP contribution in [0.25, 0.3) is 22.3 Å². The van der Waals surface area contributed by atoms with E-state index in [-0.39, 0.29) is 64.3 Å². The molecule has 0 aliphatic heterocycles. The van der Waals surface area contributed by atoms with Gasteiger partial charge >= 0.3 is 5.97 Å². The van der Waals surface area contributed by atoms with Crippen molar-refractivity contribution in [2.45, 2.75) is 398 Å². The highest BCUT2D eigenvalue weighted by atomic mass is 36.0. The van der Waals surface area contributed by atoms with E-state index < -0.39 is 33.0 Å². The van der Waals surface area contributed by atoms with E-state index in [1.165, 1.54) is 270 Å². The van der Waals surface area contributed by atoms with Crippen LogP contribution in [-0.4, -0.2) is 100 Å². The molecule has 0 bridgehead atoms. The fourth-order valence-corrected chi connectivity index (χ4v) is 14.8. The first-order chi connectivity index (χ1) is 52.7. The average molecular weight is 1610 g/mol. The van der Waals surface area contributed by atoms with Gasteiger partial charge in [-0.15, -0.1) is 0 Å². The van der Waals surface area contributed by atoms with Crippen LogP contribution in [0.1, 0.15) is 386 Å². The van der Waals surface area contributed by atoms with Gasteiger partial charge < -0.3 is 45.9 Å². The van der Waals surface area contributed by atoms with Gasteiger partial charge in [0, 0.05) is 52.5 Å². The molecular formula is C84H147Cl3N10O11S. The number of halogens is 3. The van der Waals surface area contributed by atoms with Crippen molar-refractivity contribution in [3.63, 3.8) is 0 Å². The first-order valence-electron chi connectivity index (χ1n) is 42.6. The zero-order chi connectivity index (χ0) is 80.1. The molecular weight excluding hydrogens is 1460 g/mol. The molecule has 6 atom stereocenters. The van der Waals surface area contributed by atoms with E-state index in [1.54, 1.807) is 10.9 Å². The minimum atomic E-state index is -1.67. The maximum absolute atomic E-state index is 12.1. The van der Waals surface area contributed by atoms with E-state index >= 15 is 0 Å². The van der Waals surface area contributed by atoms with E-state index in [9.17, 15) is 34.5 Å². The number of imidazole rings is 2. The second-order valence-corrected chi connectivity index (χ2v) is 33.4. The summed E-state index contributed by atoms with van der Waals surface area (Å²) in [5, 5.41) is 38.3. The van der Waals surface area contributed by atoms with Crippen molar-refractivity contribution in [3.05, 3.63) is 70.0 Å². The van der Waals surface area contributed by atoms with Crippen LogP contribution < -0.4 is 22.6 Å². The number of aromatic nitrogens is 8. The maximum Gasteiger partial charge on any atom is 0.303 e. The lowest BCUT2D eigenvalue weighted by Gasteiger charge is -2.17. The van der Waals surface area contributed by atoms with Gasteiger partial charge in [0.15, 0.2) is 22.3 Å². The number of nitrogens with one attached hydrogen (secondary N) is 2. The van der Waals surface area contributed by atoms with Gasteiger partial charge in [0.25, 0.3) is 11.1 Å². The predicted molar refractivity (Wildman–Crippen MR) is 453 cm³/mol. The number of hydrogen-bond donors (Lipinski definition) is 8. The number of aliphatic hydroxyl groups is 3. The van der Waals surface area contributed by atoms with Crippen LogP contribution in [-0.2, 0) is 28.6 Å². The fourth-order valence-electron chi connectivity index (χ4n) is 14.6. The molecule has 0 spiro atoms. The Balaban J connectivity index is 0.000000510. The van der Waals surface area contributed by atoms with Gasteiger partial charge in [0.05, 0.1) is 50.2 Å². The summed E-state index contributed by atoms with van der Waals surface area (Å²) in [6, 6.07) is -0.396. The number of fused-ring (bicyclic) bond motifs is 2. The Labute approximate surface area is 671 Å². The number of nitrogen functional groups attached to an aromatic ring is 2. The number of nitrogens with zero attached hydrogens (tertiary/aromatic N) is 6. The zero-order valence-corrected chi connectivity index (χ0v) is 70.7. The Morgan fingerprint density at radius 2 is 0.798 bits per heavy atom. The molecule has 109 heavy (non-hydrogen) atoms. The van der Waals surface area contributed by atoms with Crippen molar-refractivity contribution in [1.29, 1.82) is 0 Å². The number of H-pyrrole nitrogens is 2. The molecule has 0 unspecified atom stereocenters. The van der Waals surface area contributed by atoms with Gasteiger partial charge in [-0.05, 0) is 67.7 Å². The standard InChI is InChI=1S/C32H53N5O4.C20H39ClO.C20H40O2.C12H15N5O3.Cl2OS/c1-4-5-6-7-12-15-18-21-40-41-24(2)19-16-13-10-8-9-11-14-17-20-26-25(3)27(22-28(26)38)37-23-34-29-30(37)35-32(33)36-31(29)39;2*1-2-3-4-5-6-7-8-9-10-11-12-13-14-15-16-17-18-19-20(21)22;1-5-6(3-18)8(19)2-7(5)17-4-14-9-10(17)15-12(13)16-11(9)20;1-4(2)3/h23,26-28,38H,2-22H2,1H3,(H3,33,35,36,39);2-19H2,1H3;2-19H2,1H3,(H,21,22);4,6-8,18-19H,1-3H2,(H3,13,15,16,20);/t26-,27-,28-;;;6-,7-,8-;/m0..0./s1. The Morgan fingerprint density at radius 1 is 0.505 bits per heavy atom. The zero-order valence-electron chi connectivity index (χ0n) is 67.6. The van der Waals surface area contributed by atoms with E-state index in [1.807, 2.05) is 4.57 Å². The van der Waals surface area contributed by atoms with Crippen molar-refractivity contribution in [1.82, 2.24) is 39.0 Å². The van der Waals surface area contributed by atoms with Crippen LogP contribution in [0.4, 0.5) is 11.9 Å². The van der Waals surface area contributed by atoms with E-state index in [0.717, 1.165) is 75.5 Å². The largest absolute Gasteiger partial charge is 0.481 e. The SMILES string of the molecule is C=C(CCCCCCCCCC[C@H]1C(=C)[C@@H](n2cnc3c(=O)[nH]c(N)nc32)C[C@@H]1O)OOCCCCCCCCC.C=C1[C@H](CO)[C@@H](O)C[C@@H]1n1cnc2c(=O)[nH]c(N)nc21.CCCCCCCCCCCCCCCCCCCC(=O)Cl.CCCCCCCCCCCCCCCCCCCC(=O)O.O=S(Cl)Cl. The predicted octanol–water partition coefficient (Wildman–Crippen LogP) is 22.4. The van der Waals surface area contributed by atoms with Gasteiger partial charge in [-0.1, -0.05) is 329 Å². The molecule has 0 amide bonds. The fraction of sp³-hybridized carbons (Fsp3) is 0.786. The summed E-state index contributed by atoms with van der Waals surface area (Å²) in [7, 11) is 7.36. The van der Waals surface area contributed by atoms with Gasteiger partial charge in [-0.25, -0.2) is 14.2 Å². The number of aliphatic hydroxyl groups excluding tert-OH is 3. The van der Waals surface area contributed by atoms with Crippen LogP contribution in [0.15, 0.2) is 58.9 Å². The van der Waals surface area contributed by atoms with Crippen LogP contribution in [0.5, 0.6) is 0 Å². The number of carboxylic acid groups (broad SMARTS) is 1. The first kappa shape index (κ1) is 100. The van der Waals surface area contributed by atoms with Crippen LogP contribution >= 0.6 is 33.0 Å². The van der Waals surface area contributed by atoms with Crippen molar-refractivity contribution in [3.8, 4) is 0 Å². The van der Waals surface area contributed by atoms with Crippen LogP contribution in [0, 0.1) is 11.8 Å². The summed E-state index contributed by atoms with van der Waals surface area (Å²) in [6.07, 6.45) is 69.9. The number of carbonyl (C=O) groups excluding carboxylic acids is 1. The minimum absolute atomic E-state index is 0.00659. The number of rotatable bonds is 60. The molecule has 4 aromatic rings. The second kappa shape index (κ2) is 65.7. The lowest BCUT2D eigenvalue weighted by Crippen LogP contribution is -2.17. The molecule has 2 aliphatic rings. The molecule has 2 aliphatic carbocycles. The Bertz CT molecular complexity index is 3110. The molecule has 2 fully saturated rings. The van der Waals surface area contributed by atoms with Gasteiger partial charge in [-0.2, -0.15) is 14.9 Å². The average Bonchev–Trinajstić information content (AvgIpc) is 1.63. The van der Waals surface area contributed by atoms with Crippen molar-refractivity contribution in [2.24, 2.45) is 11.8 Å². The number of carbonyl (C=O) groups is 2. The molecule has 21 nitrogen and oxygen atoms in total. The van der Waals surface area contributed by atoms with E-state index in [2.05, 4.69) is 91.8 Å². The molecule has 10 N–H and O–H groups in total. The summed E-state index contributed by atoms with van der Waals surface area (Å²) in [5.41, 5.74) is 13.4. The highest BCUT2D eigenvalue weighted by Crippen LogP contribution is 2.43. The molecule has 6 rings (SSSR count). The maximum atomic E-state index is 12.1. The van der Waals surface area contributed by atoms with Crippen LogP contribution in [0.3, 0.4) is 0 Å². The smallest absolute Gasteiger partial charge is 0.303 e. The molecule has 25 heteroatoms. The van der Waals surface area contributed by atoms with Gasteiger partial charge in [0.2, 0.25) is 26.4 Å². The number of aliphatic carboxylic acids is 1. The molecule has 626 valence electrons. The molecule has 0 aromatic carbocycles. The van der Waals surface area contributed by atoms with Crippen molar-refractivity contribution in [2.75, 3.05) is 24.7 Å². The van der Waals surface area contributed by atoms with E-state index in [4.69, 9.17) is 42.2 Å². The highest BCUT2D eigenvalue weighted by molar-refractivity contribution is 8.26. The Hall–Kier alpha value is -4.68. The second-order valence-electron chi connectivity index (χ2n) is 30.4. The summed E-state index contributed by atoms with van der Waals surface area (Å²) in [5.74, 6) is -0.180. The number of nitrogens with two attached hydrogens (primary N) is 2. The number of carboxylic acids is 1. The third kappa shape index (κ3) is 47.6. The normalized spacial score (nSPS) is 16.7. The third-order valence-corrected chi connectivity index (χ3v) is 21.3. The number of allylic oxidation sites excluding steroid dienone is 1. The third-order valence-electron chi connectivity index (χ3n) is 21.1. The summed E-state index contributed by atoms with van der Waals surface area (Å²) >= 11 is 5.31. The van der Waals surface area contributed by atoms with Crippen molar-refractivity contribution < 1.29 is 44.0 Å². The van der Waals surface area contributed by atoms with Gasteiger partial charge in [-0.3, -0.25) is 29.1 Å². The molecule has 4 heterocycles. The summed E-state index contributed by atoms with van der Waals surface area (Å²) < 4.78 is 12.6. The minimum Gasteiger partial charge on any atom is -0.481 e. The Kier molecular flexibility index (Phi) is 60.5. The molecule has 4 aromatic heterocycles. The van der Waals surface area contributed by atoms with E-state index in [0.29, 0.717) is 49.2 Å². The molecule has 2 saturated carbocycles. The number of hydrogen-bond acceptors (Lipinski definition) is 16. The number of aromatic amines is 2. The summed E-state index contributed by atoms with van der Waals surface area (Å²) in [6.45, 7) is 19.5. The number of anilines is 2. The highest BCUT2D eigenvalue weighted by Gasteiger charge is 2.39. The Morgan fingerprint density at radius 3 is 1.12 bits per heavy atom. The lowest BCUT2D eigenvalue weighted by atomic mass is 9.94. The lowest BCUT2D eigenvalue weighted by molar-refractivity contribution is -0.264. The molecule has 0 radical (unpaired) electrons. The summed E-state index contributed by atoms with van der Waals surface area (Å²) in [4.78, 5) is 76.9. The van der Waals surface area contributed by atoms with Crippen molar-refractivity contribution >= 4 is 87.6 Å². The topological polar surface area (TPSA) is 330 Å².